The van der Waals surface area contributed by atoms with Gasteiger partial charge in [-0.05, 0) is 43.4 Å². The average molecular weight is 152 g/mol. The molecule has 2 saturated carbocycles. The normalized spacial score (nSPS) is 39.9. The summed E-state index contributed by atoms with van der Waals surface area (Å²) in [6.07, 6.45) is 9.22. The summed E-state index contributed by atoms with van der Waals surface area (Å²) in [5.74, 6) is 1.14. The van der Waals surface area contributed by atoms with Crippen LogP contribution in [0.5, 0.6) is 0 Å². The van der Waals surface area contributed by atoms with Crippen LogP contribution in [0.2, 0.25) is 0 Å². The van der Waals surface area contributed by atoms with Crippen molar-refractivity contribution in [2.75, 3.05) is 0 Å². The van der Waals surface area contributed by atoms with Crippen molar-refractivity contribution >= 4 is 0 Å². The Kier molecular flexibility index (Phi) is 2.75. The van der Waals surface area contributed by atoms with E-state index in [0.717, 1.165) is 11.3 Å². The van der Waals surface area contributed by atoms with Crippen LogP contribution in [0.25, 0.3) is 0 Å². The van der Waals surface area contributed by atoms with Crippen LogP contribution in [-0.2, 0) is 0 Å². The van der Waals surface area contributed by atoms with Crippen molar-refractivity contribution in [3.63, 3.8) is 0 Å². The topological polar surface area (TPSA) is 0 Å². The third-order valence-corrected chi connectivity index (χ3v) is 3.64. The Balaban J connectivity index is 0.000000281. The Morgan fingerprint density at radius 2 is 1.82 bits per heavy atom. The molecule has 0 heteroatoms. The fourth-order valence-electron chi connectivity index (χ4n) is 2.81. The molecule has 0 radical (unpaired) electrons. The van der Waals surface area contributed by atoms with E-state index in [2.05, 4.69) is 20.1 Å². The zero-order valence-electron chi connectivity index (χ0n) is 7.73. The standard InChI is InChI=1S/C9H16.C2H4/c1-2-9-5-3-8(7-9)4-6-9;1-2/h8H,2-7H2,1H3;1-2H2. The smallest absolute Gasteiger partial charge is 0.0297 e. The van der Waals surface area contributed by atoms with E-state index in [0.29, 0.717) is 0 Å². The minimum atomic E-state index is 0.852. The maximum Gasteiger partial charge on any atom is -0.0297 e. The molecule has 2 bridgehead atoms. The Labute approximate surface area is 70.7 Å². The molecule has 2 aliphatic carbocycles. The molecular weight excluding hydrogens is 132 g/mol. The molecule has 2 rings (SSSR count). The number of hydrogen-bond acceptors (Lipinski definition) is 0. The van der Waals surface area contributed by atoms with E-state index in [1.54, 1.807) is 32.1 Å². The molecule has 0 unspecified atom stereocenters. The zero-order chi connectivity index (χ0) is 8.32. The van der Waals surface area contributed by atoms with E-state index < -0.39 is 0 Å². The molecule has 0 atom stereocenters. The Morgan fingerprint density at radius 1 is 1.27 bits per heavy atom. The fraction of sp³-hybridized carbons (Fsp3) is 0.818. The summed E-state index contributed by atoms with van der Waals surface area (Å²) in [5, 5.41) is 0. The Bertz CT molecular complexity index is 118. The van der Waals surface area contributed by atoms with Gasteiger partial charge in [0.1, 0.15) is 0 Å². The quantitative estimate of drug-likeness (QED) is 0.502. The second-order valence-electron chi connectivity index (χ2n) is 4.00. The summed E-state index contributed by atoms with van der Waals surface area (Å²) in [4.78, 5) is 0. The molecule has 0 saturated heterocycles. The molecule has 2 fully saturated rings. The van der Waals surface area contributed by atoms with Gasteiger partial charge in [0.25, 0.3) is 0 Å². The first kappa shape index (κ1) is 8.83. The molecule has 0 heterocycles. The van der Waals surface area contributed by atoms with Crippen molar-refractivity contribution in [2.45, 2.75) is 45.4 Å². The van der Waals surface area contributed by atoms with Crippen LogP contribution in [0, 0.1) is 11.3 Å². The predicted molar refractivity (Wildman–Crippen MR) is 50.6 cm³/mol. The van der Waals surface area contributed by atoms with E-state index in [1.807, 2.05) is 0 Å². The second-order valence-corrected chi connectivity index (χ2v) is 4.00. The molecule has 0 nitrogen and oxygen atoms in total. The van der Waals surface area contributed by atoms with E-state index >= 15 is 0 Å². The first-order valence-electron chi connectivity index (χ1n) is 4.85. The molecule has 2 aliphatic rings. The lowest BCUT2D eigenvalue weighted by molar-refractivity contribution is 0.283. The van der Waals surface area contributed by atoms with Gasteiger partial charge in [-0.1, -0.05) is 13.3 Å². The number of rotatable bonds is 1. The van der Waals surface area contributed by atoms with Gasteiger partial charge in [-0.3, -0.25) is 0 Å². The largest absolute Gasteiger partial charge is 0.106 e. The van der Waals surface area contributed by atoms with Crippen molar-refractivity contribution in [3.8, 4) is 0 Å². The van der Waals surface area contributed by atoms with Crippen molar-refractivity contribution < 1.29 is 0 Å². The summed E-state index contributed by atoms with van der Waals surface area (Å²) in [5.41, 5.74) is 0.852. The van der Waals surface area contributed by atoms with Crippen LogP contribution < -0.4 is 0 Å². The first-order chi connectivity index (χ1) is 5.35. The van der Waals surface area contributed by atoms with Gasteiger partial charge in [-0.15, -0.1) is 13.2 Å². The van der Waals surface area contributed by atoms with E-state index in [1.165, 1.54) is 6.42 Å². The summed E-state index contributed by atoms with van der Waals surface area (Å²) in [6.45, 7) is 8.37. The lowest BCUT2D eigenvalue weighted by Gasteiger charge is -2.23. The Hall–Kier alpha value is -0.260. The molecule has 0 N–H and O–H groups in total. The minimum Gasteiger partial charge on any atom is -0.106 e. The predicted octanol–water partition coefficient (Wildman–Crippen LogP) is 3.78. The van der Waals surface area contributed by atoms with Gasteiger partial charge >= 0.3 is 0 Å². The summed E-state index contributed by atoms with van der Waals surface area (Å²) < 4.78 is 0. The number of fused-ring (bicyclic) bond motifs is 2. The summed E-state index contributed by atoms with van der Waals surface area (Å²) >= 11 is 0. The SMILES string of the molecule is C=C.CCC12CCC(CC1)C2. The zero-order valence-corrected chi connectivity index (χ0v) is 7.73. The van der Waals surface area contributed by atoms with Crippen molar-refractivity contribution in [2.24, 2.45) is 11.3 Å². The van der Waals surface area contributed by atoms with Gasteiger partial charge in [-0.2, -0.15) is 0 Å². The van der Waals surface area contributed by atoms with E-state index in [9.17, 15) is 0 Å². The molecular formula is C11H20. The van der Waals surface area contributed by atoms with Crippen LogP contribution in [0.15, 0.2) is 13.2 Å². The van der Waals surface area contributed by atoms with Crippen LogP contribution >= 0.6 is 0 Å². The van der Waals surface area contributed by atoms with Gasteiger partial charge in [0.05, 0.1) is 0 Å². The second kappa shape index (κ2) is 3.42. The highest BCUT2D eigenvalue weighted by Gasteiger charge is 2.42. The van der Waals surface area contributed by atoms with Gasteiger partial charge in [-0.25, -0.2) is 0 Å². The van der Waals surface area contributed by atoms with Crippen LogP contribution in [0.3, 0.4) is 0 Å². The maximum atomic E-state index is 3.00. The maximum absolute atomic E-state index is 3.00. The highest BCUT2D eigenvalue weighted by atomic mass is 14.5. The highest BCUT2D eigenvalue weighted by Crippen LogP contribution is 2.55. The molecule has 11 heavy (non-hydrogen) atoms. The van der Waals surface area contributed by atoms with Gasteiger partial charge in [0.2, 0.25) is 0 Å². The van der Waals surface area contributed by atoms with Crippen molar-refractivity contribution in [1.29, 1.82) is 0 Å². The van der Waals surface area contributed by atoms with Gasteiger partial charge in [0.15, 0.2) is 0 Å². The molecule has 0 aliphatic heterocycles. The molecule has 0 aromatic carbocycles. The fourth-order valence-corrected chi connectivity index (χ4v) is 2.81. The molecule has 0 amide bonds. The number of hydrogen-bond donors (Lipinski definition) is 0. The van der Waals surface area contributed by atoms with E-state index in [-0.39, 0.29) is 0 Å². The lowest BCUT2D eigenvalue weighted by Crippen LogP contribution is -2.11. The first-order valence-corrected chi connectivity index (χ1v) is 4.85. The third-order valence-electron chi connectivity index (χ3n) is 3.64. The summed E-state index contributed by atoms with van der Waals surface area (Å²) in [7, 11) is 0. The van der Waals surface area contributed by atoms with Crippen LogP contribution in [0.4, 0.5) is 0 Å². The van der Waals surface area contributed by atoms with Gasteiger partial charge < -0.3 is 0 Å². The summed E-state index contributed by atoms with van der Waals surface area (Å²) in [6, 6.07) is 0. The monoisotopic (exact) mass is 152 g/mol. The van der Waals surface area contributed by atoms with Crippen molar-refractivity contribution in [3.05, 3.63) is 13.2 Å². The Morgan fingerprint density at radius 3 is 2.00 bits per heavy atom. The van der Waals surface area contributed by atoms with Crippen LogP contribution in [-0.4, -0.2) is 0 Å². The van der Waals surface area contributed by atoms with E-state index in [4.69, 9.17) is 0 Å². The van der Waals surface area contributed by atoms with Crippen LogP contribution in [0.1, 0.15) is 45.4 Å². The third kappa shape index (κ3) is 1.50. The highest BCUT2D eigenvalue weighted by molar-refractivity contribution is 4.94. The molecule has 0 aromatic heterocycles. The molecule has 0 spiro atoms. The molecule has 0 aromatic rings. The minimum absolute atomic E-state index is 0.852. The molecule has 64 valence electrons. The lowest BCUT2D eigenvalue weighted by atomic mass is 9.82. The van der Waals surface area contributed by atoms with Gasteiger partial charge in [0, 0.05) is 0 Å². The average Bonchev–Trinajstić information content (AvgIpc) is 2.68. The van der Waals surface area contributed by atoms with Crippen molar-refractivity contribution in [1.82, 2.24) is 0 Å².